The fourth-order valence-electron chi connectivity index (χ4n) is 3.18. The molecule has 7 heteroatoms. The minimum atomic E-state index is -0.397. The highest BCUT2D eigenvalue weighted by atomic mass is 16.7. The van der Waals surface area contributed by atoms with Crippen LogP contribution in [-0.4, -0.2) is 34.8 Å². The summed E-state index contributed by atoms with van der Waals surface area (Å²) in [5.74, 6) is 1.63. The van der Waals surface area contributed by atoms with Gasteiger partial charge in [-0.15, -0.1) is 0 Å². The lowest BCUT2D eigenvalue weighted by atomic mass is 9.80. The van der Waals surface area contributed by atoms with Crippen LogP contribution in [0.3, 0.4) is 0 Å². The van der Waals surface area contributed by atoms with E-state index in [1.165, 1.54) is 0 Å². The molecule has 0 bridgehead atoms. The van der Waals surface area contributed by atoms with Crippen molar-refractivity contribution < 1.29 is 14.0 Å². The first kappa shape index (κ1) is 18.8. The van der Waals surface area contributed by atoms with Crippen LogP contribution in [0, 0.1) is 0 Å². The summed E-state index contributed by atoms with van der Waals surface area (Å²) in [5.41, 5.74) is 2.40. The van der Waals surface area contributed by atoms with E-state index in [4.69, 9.17) is 14.0 Å². The molecule has 2 aromatic heterocycles. The molecule has 1 fully saturated rings. The molecule has 0 saturated carbocycles. The fourth-order valence-corrected chi connectivity index (χ4v) is 3.18. The van der Waals surface area contributed by atoms with Crippen molar-refractivity contribution >= 4 is 24.0 Å². The fraction of sp³-hybridized carbons (Fsp3) is 0.381. The smallest absolute Gasteiger partial charge is 0.496 e. The maximum atomic E-state index is 6.18. The Morgan fingerprint density at radius 1 is 1.04 bits per heavy atom. The van der Waals surface area contributed by atoms with Gasteiger partial charge in [0, 0.05) is 12.7 Å². The topological polar surface area (TPSA) is 57.0 Å². The van der Waals surface area contributed by atoms with Gasteiger partial charge in [-0.05, 0) is 56.9 Å². The predicted molar refractivity (Wildman–Crippen MR) is 111 cm³/mol. The van der Waals surface area contributed by atoms with E-state index in [9.17, 15) is 0 Å². The summed E-state index contributed by atoms with van der Waals surface area (Å²) in [6.07, 6.45) is 3.88. The molecule has 0 spiro atoms. The average Bonchev–Trinajstić information content (AvgIpc) is 3.17. The van der Waals surface area contributed by atoms with Gasteiger partial charge in [-0.2, -0.15) is 0 Å². The van der Waals surface area contributed by atoms with Gasteiger partial charge in [0.15, 0.2) is 0 Å². The summed E-state index contributed by atoms with van der Waals surface area (Å²) in [6.45, 7) is 8.91. The van der Waals surface area contributed by atoms with Crippen molar-refractivity contribution in [3.05, 3.63) is 54.4 Å². The number of imidazole rings is 1. The Morgan fingerprint density at radius 3 is 2.36 bits per heavy atom. The number of methoxy groups -OCH3 is 1. The van der Waals surface area contributed by atoms with Crippen LogP contribution in [0.5, 0.6) is 5.75 Å². The van der Waals surface area contributed by atoms with Crippen LogP contribution < -0.4 is 15.5 Å². The summed E-state index contributed by atoms with van der Waals surface area (Å²) in [6, 6.07) is 12.1. The number of hydrogen-bond acceptors (Lipinski definition) is 5. The van der Waals surface area contributed by atoms with Crippen LogP contribution in [0.15, 0.2) is 48.8 Å². The van der Waals surface area contributed by atoms with Gasteiger partial charge in [-0.25, -0.2) is 4.98 Å². The molecular weight excluding hydrogens is 353 g/mol. The van der Waals surface area contributed by atoms with E-state index in [-0.39, 0.29) is 11.2 Å². The molecule has 0 aliphatic carbocycles. The number of benzene rings is 1. The number of ether oxygens (including phenoxy) is 1. The van der Waals surface area contributed by atoms with Gasteiger partial charge in [-0.3, -0.25) is 4.40 Å². The van der Waals surface area contributed by atoms with Gasteiger partial charge in [0.05, 0.1) is 30.0 Å². The maximum Gasteiger partial charge on any atom is 0.496 e. The molecule has 1 aliphatic heterocycles. The number of anilines is 1. The molecule has 4 rings (SSSR count). The second-order valence-electron chi connectivity index (χ2n) is 8.13. The molecule has 146 valence electrons. The van der Waals surface area contributed by atoms with Crippen molar-refractivity contribution in [2.24, 2.45) is 0 Å². The first-order valence-corrected chi connectivity index (χ1v) is 9.48. The zero-order chi connectivity index (χ0) is 19.9. The Hall–Kier alpha value is -2.51. The second-order valence-corrected chi connectivity index (χ2v) is 8.13. The molecule has 3 aromatic rings. The summed E-state index contributed by atoms with van der Waals surface area (Å²) >= 11 is 0. The molecule has 28 heavy (non-hydrogen) atoms. The van der Waals surface area contributed by atoms with E-state index in [1.54, 1.807) is 7.11 Å². The molecule has 0 atom stereocenters. The maximum absolute atomic E-state index is 6.18. The van der Waals surface area contributed by atoms with Crippen LogP contribution in [0.2, 0.25) is 0 Å². The van der Waals surface area contributed by atoms with Crippen molar-refractivity contribution in [2.45, 2.75) is 45.4 Å². The third kappa shape index (κ3) is 3.36. The van der Waals surface area contributed by atoms with Gasteiger partial charge >= 0.3 is 7.12 Å². The summed E-state index contributed by atoms with van der Waals surface area (Å²) in [7, 11) is 1.27. The molecule has 1 N–H and O–H groups in total. The first-order chi connectivity index (χ1) is 13.3. The lowest BCUT2D eigenvalue weighted by molar-refractivity contribution is 0.00578. The van der Waals surface area contributed by atoms with Crippen molar-refractivity contribution in [1.82, 2.24) is 9.38 Å². The standard InChI is InChI=1S/C21H26BN3O3/c1-20(2)21(3,4)28-22(27-20)16-8-9-17-13-24-19(25(17)14-16)23-12-15-6-10-18(26-5)11-7-15/h6-11,13-14H,12H2,1-5H3,(H,23,24). The molecule has 1 saturated heterocycles. The molecule has 0 radical (unpaired) electrons. The Labute approximate surface area is 166 Å². The van der Waals surface area contributed by atoms with Crippen LogP contribution in [0.1, 0.15) is 33.3 Å². The van der Waals surface area contributed by atoms with E-state index in [2.05, 4.69) is 38.0 Å². The molecule has 3 heterocycles. The average molecular weight is 379 g/mol. The number of fused-ring (bicyclic) bond motifs is 1. The molecule has 0 unspecified atom stereocenters. The third-order valence-electron chi connectivity index (χ3n) is 5.69. The minimum Gasteiger partial charge on any atom is -0.497 e. The highest BCUT2D eigenvalue weighted by Gasteiger charge is 2.51. The zero-order valence-corrected chi connectivity index (χ0v) is 17.0. The molecular formula is C21H26BN3O3. The Bertz CT molecular complexity index is 966. The SMILES string of the molecule is COc1ccc(CNc2ncc3ccc(B4OC(C)(C)C(C)(C)O4)cn23)cc1. The zero-order valence-electron chi connectivity index (χ0n) is 17.0. The van der Waals surface area contributed by atoms with E-state index < -0.39 is 7.12 Å². The van der Waals surface area contributed by atoms with E-state index in [1.807, 2.05) is 53.2 Å². The largest absolute Gasteiger partial charge is 0.497 e. The molecule has 1 aromatic carbocycles. The number of nitrogens with one attached hydrogen (secondary N) is 1. The third-order valence-corrected chi connectivity index (χ3v) is 5.69. The lowest BCUT2D eigenvalue weighted by Crippen LogP contribution is -2.41. The lowest BCUT2D eigenvalue weighted by Gasteiger charge is -2.32. The van der Waals surface area contributed by atoms with Crippen molar-refractivity contribution in [1.29, 1.82) is 0 Å². The number of hydrogen-bond donors (Lipinski definition) is 1. The number of rotatable bonds is 5. The second kappa shape index (κ2) is 6.83. The molecule has 6 nitrogen and oxygen atoms in total. The van der Waals surface area contributed by atoms with Crippen LogP contribution in [-0.2, 0) is 15.9 Å². The highest BCUT2D eigenvalue weighted by molar-refractivity contribution is 6.62. The Morgan fingerprint density at radius 2 is 1.71 bits per heavy atom. The van der Waals surface area contributed by atoms with Crippen LogP contribution in [0.4, 0.5) is 5.95 Å². The highest BCUT2D eigenvalue weighted by Crippen LogP contribution is 2.36. The van der Waals surface area contributed by atoms with Gasteiger partial charge in [0.1, 0.15) is 5.75 Å². The normalized spacial score (nSPS) is 17.8. The Balaban J connectivity index is 1.55. The monoisotopic (exact) mass is 379 g/mol. The van der Waals surface area contributed by atoms with Gasteiger partial charge in [0.25, 0.3) is 0 Å². The summed E-state index contributed by atoms with van der Waals surface area (Å²) < 4.78 is 19.6. The predicted octanol–water partition coefficient (Wildman–Crippen LogP) is 3.25. The quantitative estimate of drug-likeness (QED) is 0.690. The Kier molecular flexibility index (Phi) is 4.60. The summed E-state index contributed by atoms with van der Waals surface area (Å²) in [5, 5.41) is 3.40. The van der Waals surface area contributed by atoms with Crippen molar-refractivity contribution in [2.75, 3.05) is 12.4 Å². The van der Waals surface area contributed by atoms with Crippen molar-refractivity contribution in [3.8, 4) is 5.75 Å². The van der Waals surface area contributed by atoms with Crippen LogP contribution >= 0.6 is 0 Å². The van der Waals surface area contributed by atoms with Gasteiger partial charge in [0.2, 0.25) is 5.95 Å². The van der Waals surface area contributed by atoms with Crippen molar-refractivity contribution in [3.63, 3.8) is 0 Å². The van der Waals surface area contributed by atoms with Gasteiger partial charge in [-0.1, -0.05) is 18.2 Å². The van der Waals surface area contributed by atoms with E-state index in [0.29, 0.717) is 6.54 Å². The number of nitrogens with zero attached hydrogens (tertiary/aromatic N) is 2. The number of pyridine rings is 1. The van der Waals surface area contributed by atoms with Gasteiger partial charge < -0.3 is 19.4 Å². The summed E-state index contributed by atoms with van der Waals surface area (Å²) in [4.78, 5) is 4.51. The minimum absolute atomic E-state index is 0.364. The van der Waals surface area contributed by atoms with E-state index >= 15 is 0 Å². The van der Waals surface area contributed by atoms with E-state index in [0.717, 1.165) is 28.2 Å². The number of aromatic nitrogens is 2. The first-order valence-electron chi connectivity index (χ1n) is 9.48. The molecule has 0 amide bonds. The molecule has 1 aliphatic rings. The van der Waals surface area contributed by atoms with Crippen LogP contribution in [0.25, 0.3) is 5.52 Å².